The molecule has 2 aromatic rings. The maximum atomic E-state index is 12.2. The van der Waals surface area contributed by atoms with Crippen molar-refractivity contribution in [2.45, 2.75) is 19.9 Å². The largest absolute Gasteiger partial charge is 0.477 e. The number of aromatic carboxylic acids is 1. The minimum atomic E-state index is -1.22. The Morgan fingerprint density at radius 2 is 2.24 bits per heavy atom. The van der Waals surface area contributed by atoms with Crippen molar-refractivity contribution in [3.8, 4) is 0 Å². The van der Waals surface area contributed by atoms with Crippen LogP contribution < -0.4 is 10.4 Å². The van der Waals surface area contributed by atoms with Crippen LogP contribution in [0.4, 0.5) is 5.82 Å². The van der Waals surface area contributed by atoms with Gasteiger partial charge in [0.15, 0.2) is 5.82 Å². The molecule has 0 atom stereocenters. The van der Waals surface area contributed by atoms with Crippen molar-refractivity contribution < 1.29 is 9.90 Å². The lowest BCUT2D eigenvalue weighted by atomic mass is 10.2. The molecule has 0 radical (unpaired) electrons. The monoisotopic (exact) mass is 286 g/mol. The summed E-state index contributed by atoms with van der Waals surface area (Å²) in [5, 5.41) is 15.4. The first-order valence-corrected chi connectivity index (χ1v) is 6.69. The van der Waals surface area contributed by atoms with Crippen molar-refractivity contribution in [3.63, 3.8) is 0 Å². The Morgan fingerprint density at radius 1 is 1.43 bits per heavy atom. The number of carbonyl (C=O) groups is 1. The van der Waals surface area contributed by atoms with Gasteiger partial charge in [0.2, 0.25) is 5.43 Å². The molecule has 7 heteroatoms. The highest BCUT2D eigenvalue weighted by Gasteiger charge is 2.17. The number of aromatic nitrogens is 2. The van der Waals surface area contributed by atoms with E-state index in [0.717, 1.165) is 13.0 Å². The van der Waals surface area contributed by atoms with Gasteiger partial charge >= 0.3 is 5.97 Å². The van der Waals surface area contributed by atoms with Crippen LogP contribution in [0.2, 0.25) is 0 Å². The zero-order chi connectivity index (χ0) is 15.0. The zero-order valence-corrected chi connectivity index (χ0v) is 11.5. The molecule has 1 aliphatic rings. The number of aryl methyl sites for hydroxylation is 1. The summed E-state index contributed by atoms with van der Waals surface area (Å²) in [5.74, 6) is -0.571. The van der Waals surface area contributed by atoms with Crippen molar-refractivity contribution >= 4 is 29.0 Å². The maximum absolute atomic E-state index is 12.2. The predicted molar refractivity (Wildman–Crippen MR) is 79.1 cm³/mol. The molecule has 0 aliphatic carbocycles. The fourth-order valence-corrected chi connectivity index (χ4v) is 2.36. The molecule has 7 nitrogen and oxygen atoms in total. The number of hydrogen-bond acceptors (Lipinski definition) is 5. The molecule has 108 valence electrons. The second-order valence-corrected chi connectivity index (χ2v) is 4.71. The summed E-state index contributed by atoms with van der Waals surface area (Å²) in [6, 6.07) is 3.31. The van der Waals surface area contributed by atoms with E-state index in [1.54, 1.807) is 21.7 Å². The SMILES string of the molecule is CCn1cc(C(=O)O)c(=O)c2ccc(N3CCC=N3)nc21. The molecule has 3 heterocycles. The van der Waals surface area contributed by atoms with Crippen molar-refractivity contribution in [3.05, 3.63) is 34.1 Å². The number of anilines is 1. The Balaban J connectivity index is 2.25. The Bertz CT molecular complexity index is 810. The van der Waals surface area contributed by atoms with Crippen molar-refractivity contribution in [2.24, 2.45) is 5.10 Å². The molecule has 0 fully saturated rings. The topological polar surface area (TPSA) is 87.8 Å². The van der Waals surface area contributed by atoms with E-state index in [4.69, 9.17) is 5.11 Å². The number of carboxylic acids is 1. The standard InChI is InChI=1S/C14H14N4O3/c1-2-17-8-10(14(20)21)12(19)9-4-5-11(16-13(9)17)18-7-3-6-15-18/h4-6,8H,2-3,7H2,1H3,(H,20,21). The van der Waals surface area contributed by atoms with Gasteiger partial charge in [-0.15, -0.1) is 0 Å². The van der Waals surface area contributed by atoms with E-state index >= 15 is 0 Å². The highest BCUT2D eigenvalue weighted by atomic mass is 16.4. The molecule has 3 rings (SSSR count). The molecule has 0 unspecified atom stereocenters. The lowest BCUT2D eigenvalue weighted by Gasteiger charge is -2.15. The predicted octanol–water partition coefficient (Wildman–Crippen LogP) is 1.31. The average molecular weight is 286 g/mol. The normalized spacial score (nSPS) is 14.0. The van der Waals surface area contributed by atoms with Gasteiger partial charge in [0.05, 0.1) is 5.39 Å². The number of pyridine rings is 2. The highest BCUT2D eigenvalue weighted by molar-refractivity contribution is 5.92. The number of hydrazone groups is 1. The summed E-state index contributed by atoms with van der Waals surface area (Å²) < 4.78 is 1.67. The molecular weight excluding hydrogens is 272 g/mol. The first-order chi connectivity index (χ1) is 10.1. The van der Waals surface area contributed by atoms with Gasteiger partial charge < -0.3 is 9.67 Å². The Morgan fingerprint density at radius 3 is 2.86 bits per heavy atom. The summed E-state index contributed by atoms with van der Waals surface area (Å²) in [5.41, 5.74) is -0.267. The first kappa shape index (κ1) is 13.3. The second kappa shape index (κ2) is 5.01. The number of fused-ring (bicyclic) bond motifs is 1. The van der Waals surface area contributed by atoms with Crippen molar-refractivity contribution in [2.75, 3.05) is 11.6 Å². The number of carboxylic acid groups (broad SMARTS) is 1. The molecule has 0 saturated carbocycles. The molecule has 21 heavy (non-hydrogen) atoms. The van der Waals surface area contributed by atoms with Crippen LogP contribution in [0.25, 0.3) is 11.0 Å². The van der Waals surface area contributed by atoms with Gasteiger partial charge in [-0.1, -0.05) is 0 Å². The van der Waals surface area contributed by atoms with Crippen LogP contribution in [0.15, 0.2) is 28.2 Å². The van der Waals surface area contributed by atoms with Gasteiger partial charge in [0.25, 0.3) is 0 Å². The summed E-state index contributed by atoms with van der Waals surface area (Å²) >= 11 is 0. The lowest BCUT2D eigenvalue weighted by molar-refractivity contribution is 0.0695. The second-order valence-electron chi connectivity index (χ2n) is 4.71. The molecule has 1 N–H and O–H groups in total. The minimum absolute atomic E-state index is 0.238. The van der Waals surface area contributed by atoms with Gasteiger partial charge in [-0.2, -0.15) is 5.10 Å². The minimum Gasteiger partial charge on any atom is -0.477 e. The van der Waals surface area contributed by atoms with Crippen LogP contribution in [0.5, 0.6) is 0 Å². The van der Waals surface area contributed by atoms with Gasteiger partial charge in [-0.25, -0.2) is 14.8 Å². The van der Waals surface area contributed by atoms with Crippen molar-refractivity contribution in [1.82, 2.24) is 9.55 Å². The Labute approximate surface area is 120 Å². The molecule has 0 spiro atoms. The molecule has 0 saturated heterocycles. The van der Waals surface area contributed by atoms with E-state index in [9.17, 15) is 9.59 Å². The van der Waals surface area contributed by atoms with E-state index < -0.39 is 11.4 Å². The van der Waals surface area contributed by atoms with E-state index in [0.29, 0.717) is 23.4 Å². The van der Waals surface area contributed by atoms with Gasteiger partial charge in [-0.3, -0.25) is 4.79 Å². The van der Waals surface area contributed by atoms with E-state index in [2.05, 4.69) is 10.1 Å². The Kier molecular flexibility index (Phi) is 3.17. The van der Waals surface area contributed by atoms with Crippen molar-refractivity contribution in [1.29, 1.82) is 0 Å². The number of hydrogen-bond donors (Lipinski definition) is 1. The maximum Gasteiger partial charge on any atom is 0.341 e. The van der Waals surface area contributed by atoms with Crippen LogP contribution in [-0.4, -0.2) is 33.4 Å². The van der Waals surface area contributed by atoms with Gasteiger partial charge in [0, 0.05) is 31.9 Å². The quantitative estimate of drug-likeness (QED) is 0.919. The fourth-order valence-electron chi connectivity index (χ4n) is 2.36. The molecule has 0 amide bonds. The van der Waals surface area contributed by atoms with E-state index in [1.807, 2.05) is 13.1 Å². The van der Waals surface area contributed by atoms with Crippen LogP contribution in [0, 0.1) is 0 Å². The van der Waals surface area contributed by atoms with Crippen LogP contribution in [0.3, 0.4) is 0 Å². The molecule has 2 aromatic heterocycles. The Hall–Kier alpha value is -2.70. The zero-order valence-electron chi connectivity index (χ0n) is 11.5. The number of rotatable bonds is 3. The third-order valence-corrected chi connectivity index (χ3v) is 3.43. The molecular formula is C14H14N4O3. The third kappa shape index (κ3) is 2.16. The van der Waals surface area contributed by atoms with Crippen LogP contribution in [0.1, 0.15) is 23.7 Å². The highest BCUT2D eigenvalue weighted by Crippen LogP contribution is 2.19. The molecule has 1 aliphatic heterocycles. The van der Waals surface area contributed by atoms with Gasteiger partial charge in [-0.05, 0) is 19.1 Å². The molecule has 0 bridgehead atoms. The van der Waals surface area contributed by atoms with E-state index in [1.165, 1.54) is 6.20 Å². The summed E-state index contributed by atoms with van der Waals surface area (Å²) in [4.78, 5) is 27.8. The van der Waals surface area contributed by atoms with E-state index in [-0.39, 0.29) is 5.56 Å². The number of nitrogens with zero attached hydrogens (tertiary/aromatic N) is 4. The van der Waals surface area contributed by atoms with Crippen LogP contribution >= 0.6 is 0 Å². The third-order valence-electron chi connectivity index (χ3n) is 3.43. The fraction of sp³-hybridized carbons (Fsp3) is 0.286. The van der Waals surface area contributed by atoms with Crippen LogP contribution in [-0.2, 0) is 6.54 Å². The summed E-state index contributed by atoms with van der Waals surface area (Å²) in [6.45, 7) is 3.15. The average Bonchev–Trinajstić information content (AvgIpc) is 3.01. The van der Waals surface area contributed by atoms with Gasteiger partial charge in [0.1, 0.15) is 11.2 Å². The summed E-state index contributed by atoms with van der Waals surface area (Å²) in [7, 11) is 0. The molecule has 0 aromatic carbocycles. The lowest BCUT2D eigenvalue weighted by Crippen LogP contribution is -2.20. The smallest absolute Gasteiger partial charge is 0.341 e. The summed E-state index contributed by atoms with van der Waals surface area (Å²) in [6.07, 6.45) is 4.02. The first-order valence-electron chi connectivity index (χ1n) is 6.69.